The van der Waals surface area contributed by atoms with Crippen LogP contribution in [0.3, 0.4) is 0 Å². The van der Waals surface area contributed by atoms with Gasteiger partial charge in [0.2, 0.25) is 0 Å². The van der Waals surface area contributed by atoms with Gasteiger partial charge in [-0.1, -0.05) is 24.6 Å². The zero-order chi connectivity index (χ0) is 20.3. The van der Waals surface area contributed by atoms with Crippen molar-refractivity contribution in [1.82, 2.24) is 18.3 Å². The van der Waals surface area contributed by atoms with Gasteiger partial charge in [-0.05, 0) is 31.0 Å². The summed E-state index contributed by atoms with van der Waals surface area (Å²) in [5.41, 5.74) is 3.57. The molecule has 8 heteroatoms. The molecule has 5 rings (SSSR count). The minimum Gasteiger partial charge on any atom is -0.300 e. The number of fused-ring (bicyclic) bond motifs is 3. The van der Waals surface area contributed by atoms with Crippen LogP contribution in [0.2, 0.25) is 0 Å². The summed E-state index contributed by atoms with van der Waals surface area (Å²) in [5.74, 6) is 0.548. The largest absolute Gasteiger partial charge is 0.300 e. The van der Waals surface area contributed by atoms with Gasteiger partial charge in [0.15, 0.2) is 11.3 Å². The van der Waals surface area contributed by atoms with E-state index in [-0.39, 0.29) is 22.5 Å². The van der Waals surface area contributed by atoms with Crippen molar-refractivity contribution in [2.75, 3.05) is 0 Å². The van der Waals surface area contributed by atoms with E-state index in [2.05, 4.69) is 16.9 Å². The fourth-order valence-electron chi connectivity index (χ4n) is 4.25. The maximum Gasteiger partial charge on any atom is 0.269 e. The summed E-state index contributed by atoms with van der Waals surface area (Å²) in [6.07, 6.45) is 5.94. The predicted octanol–water partition coefficient (Wildman–Crippen LogP) is 3.31. The summed E-state index contributed by atoms with van der Waals surface area (Å²) in [6, 6.07) is 8.49. The van der Waals surface area contributed by atoms with Crippen LogP contribution in [0.15, 0.2) is 53.8 Å². The van der Waals surface area contributed by atoms with Crippen molar-refractivity contribution in [3.8, 4) is 0 Å². The van der Waals surface area contributed by atoms with Crippen LogP contribution in [0.25, 0.3) is 16.8 Å². The number of hydrogen-bond acceptors (Lipinski definition) is 5. The van der Waals surface area contributed by atoms with E-state index in [0.29, 0.717) is 29.7 Å². The highest BCUT2D eigenvalue weighted by Gasteiger charge is 2.33. The summed E-state index contributed by atoms with van der Waals surface area (Å²) in [4.78, 5) is 21.0. The summed E-state index contributed by atoms with van der Waals surface area (Å²) in [5, 5.41) is 0. The second kappa shape index (κ2) is 6.25. The zero-order valence-electron chi connectivity index (χ0n) is 16.1. The molecule has 1 saturated carbocycles. The standard InChI is InChI=1S/C21H20N4O3S/c1-13-3-5-16(6-4-13)29(27,28)24-8-7-18-21(24)23-12-20-22-11-19(25(18)20)17-10-15(26)9-14(17)2/h3-8,11-12,14,17H,9-10H2,1-2H3/t14-,17+/m1/s1. The van der Waals surface area contributed by atoms with Crippen LogP contribution in [0.5, 0.6) is 0 Å². The van der Waals surface area contributed by atoms with Crippen LogP contribution in [0, 0.1) is 12.8 Å². The van der Waals surface area contributed by atoms with Crippen molar-refractivity contribution in [1.29, 1.82) is 0 Å². The van der Waals surface area contributed by atoms with Gasteiger partial charge >= 0.3 is 0 Å². The molecule has 3 heterocycles. The van der Waals surface area contributed by atoms with Crippen molar-refractivity contribution in [2.45, 2.75) is 37.5 Å². The lowest BCUT2D eigenvalue weighted by atomic mass is 9.95. The number of carbonyl (C=O) groups excluding carboxylic acids is 1. The molecule has 3 aromatic heterocycles. The molecule has 0 radical (unpaired) electrons. The van der Waals surface area contributed by atoms with Crippen molar-refractivity contribution < 1.29 is 13.2 Å². The average molecular weight is 408 g/mol. The second-order valence-electron chi connectivity index (χ2n) is 7.80. The zero-order valence-corrected chi connectivity index (χ0v) is 16.9. The van der Waals surface area contributed by atoms with E-state index < -0.39 is 10.0 Å². The van der Waals surface area contributed by atoms with Crippen LogP contribution in [0.1, 0.15) is 36.9 Å². The quantitative estimate of drug-likeness (QED) is 0.519. The number of aryl methyl sites for hydroxylation is 1. The van der Waals surface area contributed by atoms with Crippen LogP contribution >= 0.6 is 0 Å². The third-order valence-electron chi connectivity index (χ3n) is 5.81. The molecule has 4 aromatic rings. The fraction of sp³-hybridized carbons (Fsp3) is 0.286. The van der Waals surface area contributed by atoms with Crippen molar-refractivity contribution in [2.24, 2.45) is 5.92 Å². The third kappa shape index (κ3) is 2.70. The van der Waals surface area contributed by atoms with E-state index in [4.69, 9.17) is 0 Å². The lowest BCUT2D eigenvalue weighted by molar-refractivity contribution is -0.117. The monoisotopic (exact) mass is 408 g/mol. The lowest BCUT2D eigenvalue weighted by Crippen LogP contribution is -2.13. The minimum atomic E-state index is -3.78. The summed E-state index contributed by atoms with van der Waals surface area (Å²) in [7, 11) is -3.78. The van der Waals surface area contributed by atoms with Gasteiger partial charge < -0.3 is 0 Å². The van der Waals surface area contributed by atoms with E-state index in [0.717, 1.165) is 11.3 Å². The molecule has 0 aliphatic heterocycles. The highest BCUT2D eigenvalue weighted by Crippen LogP contribution is 2.38. The highest BCUT2D eigenvalue weighted by molar-refractivity contribution is 7.90. The van der Waals surface area contributed by atoms with Gasteiger partial charge in [-0.15, -0.1) is 0 Å². The van der Waals surface area contributed by atoms with Crippen molar-refractivity contribution >= 4 is 32.6 Å². The van der Waals surface area contributed by atoms with Crippen LogP contribution in [-0.2, 0) is 14.8 Å². The number of nitrogens with zero attached hydrogens (tertiary/aromatic N) is 4. The van der Waals surface area contributed by atoms with Gasteiger partial charge in [0.05, 0.1) is 16.6 Å². The molecule has 0 bridgehead atoms. The van der Waals surface area contributed by atoms with E-state index in [1.165, 1.54) is 10.2 Å². The second-order valence-corrected chi connectivity index (χ2v) is 9.62. The normalized spacial score (nSPS) is 20.1. The Morgan fingerprint density at radius 3 is 2.48 bits per heavy atom. The van der Waals surface area contributed by atoms with E-state index >= 15 is 0 Å². The molecule has 0 N–H and O–H groups in total. The number of aromatic nitrogens is 4. The number of carbonyl (C=O) groups is 1. The first-order valence-electron chi connectivity index (χ1n) is 9.53. The van der Waals surface area contributed by atoms with Gasteiger partial charge in [-0.2, -0.15) is 0 Å². The summed E-state index contributed by atoms with van der Waals surface area (Å²) >= 11 is 0. The smallest absolute Gasteiger partial charge is 0.269 e. The van der Waals surface area contributed by atoms with Gasteiger partial charge in [0, 0.05) is 36.8 Å². The Morgan fingerprint density at radius 1 is 1.03 bits per heavy atom. The molecule has 0 saturated heterocycles. The topological polar surface area (TPSA) is 86.3 Å². The maximum atomic E-state index is 13.2. The van der Waals surface area contributed by atoms with Gasteiger partial charge in [0.1, 0.15) is 5.78 Å². The Bertz CT molecular complexity index is 1370. The van der Waals surface area contributed by atoms with Gasteiger partial charge in [0.25, 0.3) is 10.0 Å². The molecule has 1 aliphatic rings. The molecule has 1 aromatic carbocycles. The van der Waals surface area contributed by atoms with E-state index in [1.807, 2.05) is 11.3 Å². The number of benzene rings is 1. The van der Waals surface area contributed by atoms with Crippen LogP contribution < -0.4 is 0 Å². The molecular formula is C21H20N4O3S. The van der Waals surface area contributed by atoms with Crippen molar-refractivity contribution in [3.63, 3.8) is 0 Å². The molecule has 29 heavy (non-hydrogen) atoms. The number of Topliss-reactive ketones (excluding diaryl/α,β-unsaturated/α-hetero) is 1. The molecule has 0 spiro atoms. The first kappa shape index (κ1) is 18.1. The minimum absolute atomic E-state index is 0.0696. The Hall–Kier alpha value is -3.00. The maximum absolute atomic E-state index is 13.2. The Balaban J connectivity index is 1.71. The number of imidazole rings is 1. The highest BCUT2D eigenvalue weighted by atomic mass is 32.2. The number of rotatable bonds is 3. The van der Waals surface area contributed by atoms with Crippen LogP contribution in [-0.4, -0.2) is 32.5 Å². The van der Waals surface area contributed by atoms with Crippen LogP contribution in [0.4, 0.5) is 0 Å². The fourth-order valence-corrected chi connectivity index (χ4v) is 5.55. The Morgan fingerprint density at radius 2 is 1.79 bits per heavy atom. The lowest BCUT2D eigenvalue weighted by Gasteiger charge is -2.14. The van der Waals surface area contributed by atoms with Gasteiger partial charge in [-0.3, -0.25) is 9.20 Å². The van der Waals surface area contributed by atoms with E-state index in [9.17, 15) is 13.2 Å². The first-order chi connectivity index (χ1) is 13.9. The first-order valence-corrected chi connectivity index (χ1v) is 11.0. The average Bonchev–Trinajstić information content (AvgIpc) is 3.37. The number of ketones is 1. The molecule has 7 nitrogen and oxygen atoms in total. The Labute approximate surface area is 168 Å². The molecule has 1 aliphatic carbocycles. The predicted molar refractivity (Wildman–Crippen MR) is 108 cm³/mol. The van der Waals surface area contributed by atoms with E-state index in [1.54, 1.807) is 42.7 Å². The molecule has 148 valence electrons. The molecule has 1 fully saturated rings. The number of hydrogen-bond donors (Lipinski definition) is 0. The SMILES string of the molecule is Cc1ccc(S(=O)(=O)n2ccc3c2ncc2ncc([C@H]4CC(=O)C[C@H]4C)n23)cc1. The Kier molecular flexibility index (Phi) is 3.89. The molecule has 0 unspecified atom stereocenters. The van der Waals surface area contributed by atoms with Gasteiger partial charge in [-0.25, -0.2) is 22.4 Å². The van der Waals surface area contributed by atoms with Crippen molar-refractivity contribution in [3.05, 3.63) is 60.2 Å². The summed E-state index contributed by atoms with van der Waals surface area (Å²) < 4.78 is 29.5. The summed E-state index contributed by atoms with van der Waals surface area (Å²) in [6.45, 7) is 3.98. The molecule has 0 amide bonds. The third-order valence-corrected chi connectivity index (χ3v) is 7.49. The molecular weight excluding hydrogens is 388 g/mol. The molecule has 2 atom stereocenters.